The third-order valence-electron chi connectivity index (χ3n) is 6.89. The SMILES string of the molecule is CCCCCCOc1ccc(C2c3c(oc4ccc(C)cc4c3=O)C(=O)N2c2ccc(Br)cc2)cc1OC. The van der Waals surface area contributed by atoms with Crippen molar-refractivity contribution in [1.82, 2.24) is 0 Å². The summed E-state index contributed by atoms with van der Waals surface area (Å²) in [6.45, 7) is 4.70. The number of fused-ring (bicyclic) bond motifs is 2. The highest BCUT2D eigenvalue weighted by molar-refractivity contribution is 9.10. The summed E-state index contributed by atoms with van der Waals surface area (Å²) >= 11 is 3.46. The van der Waals surface area contributed by atoms with Crippen LogP contribution in [0.25, 0.3) is 11.0 Å². The van der Waals surface area contributed by atoms with E-state index in [1.54, 1.807) is 24.1 Å². The summed E-state index contributed by atoms with van der Waals surface area (Å²) in [4.78, 5) is 29.3. The molecule has 0 saturated heterocycles. The minimum absolute atomic E-state index is 0.0643. The van der Waals surface area contributed by atoms with Crippen LogP contribution in [0.5, 0.6) is 11.5 Å². The zero-order valence-corrected chi connectivity index (χ0v) is 23.3. The van der Waals surface area contributed by atoms with Gasteiger partial charge in [0.05, 0.1) is 30.7 Å². The number of anilines is 1. The first-order chi connectivity index (χ1) is 18.4. The van der Waals surface area contributed by atoms with E-state index < -0.39 is 6.04 Å². The Labute approximate surface area is 230 Å². The van der Waals surface area contributed by atoms with Crippen molar-refractivity contribution >= 4 is 38.5 Å². The Morgan fingerprint density at radius 1 is 0.947 bits per heavy atom. The van der Waals surface area contributed by atoms with E-state index in [-0.39, 0.29) is 17.1 Å². The van der Waals surface area contributed by atoms with Gasteiger partial charge in [0.25, 0.3) is 5.91 Å². The molecule has 38 heavy (non-hydrogen) atoms. The fourth-order valence-electron chi connectivity index (χ4n) is 4.95. The van der Waals surface area contributed by atoms with E-state index in [0.29, 0.717) is 40.3 Å². The minimum Gasteiger partial charge on any atom is -0.493 e. The molecule has 0 spiro atoms. The van der Waals surface area contributed by atoms with Gasteiger partial charge in [-0.05, 0) is 67.4 Å². The molecule has 1 unspecified atom stereocenters. The smallest absolute Gasteiger partial charge is 0.295 e. The Hall–Kier alpha value is -3.58. The highest BCUT2D eigenvalue weighted by Gasteiger charge is 2.44. The first kappa shape index (κ1) is 26.0. The molecule has 0 fully saturated rings. The van der Waals surface area contributed by atoms with Gasteiger partial charge in [-0.2, -0.15) is 0 Å². The van der Waals surface area contributed by atoms with Gasteiger partial charge in [-0.15, -0.1) is 0 Å². The number of ether oxygens (including phenoxy) is 2. The van der Waals surface area contributed by atoms with E-state index in [2.05, 4.69) is 22.9 Å². The lowest BCUT2D eigenvalue weighted by atomic mass is 9.97. The molecule has 0 saturated carbocycles. The van der Waals surface area contributed by atoms with Crippen LogP contribution in [0.2, 0.25) is 0 Å². The third-order valence-corrected chi connectivity index (χ3v) is 7.42. The summed E-state index contributed by atoms with van der Waals surface area (Å²) in [6.07, 6.45) is 4.42. The number of nitrogens with zero attached hydrogens (tertiary/aromatic N) is 1. The summed E-state index contributed by atoms with van der Waals surface area (Å²) in [5.41, 5.74) is 2.84. The topological polar surface area (TPSA) is 69.0 Å². The van der Waals surface area contributed by atoms with Crippen LogP contribution in [0.15, 0.2) is 74.3 Å². The number of hydrogen-bond donors (Lipinski definition) is 0. The molecule has 1 amide bonds. The molecule has 1 aromatic heterocycles. The van der Waals surface area contributed by atoms with E-state index in [1.165, 1.54) is 6.42 Å². The number of hydrogen-bond acceptors (Lipinski definition) is 5. The Balaban J connectivity index is 1.63. The lowest BCUT2D eigenvalue weighted by Gasteiger charge is -2.26. The maximum Gasteiger partial charge on any atom is 0.295 e. The molecule has 2 heterocycles. The molecular weight excluding hydrogens is 546 g/mol. The number of unbranched alkanes of at least 4 members (excludes halogenated alkanes) is 3. The Morgan fingerprint density at radius 3 is 2.47 bits per heavy atom. The van der Waals surface area contributed by atoms with E-state index >= 15 is 0 Å². The molecular formula is C31H30BrNO5. The van der Waals surface area contributed by atoms with Gasteiger partial charge in [0.1, 0.15) is 5.58 Å². The normalized spacial score (nSPS) is 14.7. The Bertz CT molecular complexity index is 1540. The van der Waals surface area contributed by atoms with Gasteiger partial charge in [-0.25, -0.2) is 0 Å². The number of carbonyl (C=O) groups is 1. The minimum atomic E-state index is -0.688. The average Bonchev–Trinajstić information content (AvgIpc) is 3.22. The van der Waals surface area contributed by atoms with E-state index in [4.69, 9.17) is 13.9 Å². The van der Waals surface area contributed by atoms with Gasteiger partial charge in [0.2, 0.25) is 5.76 Å². The third kappa shape index (κ3) is 4.83. The second-order valence-corrected chi connectivity index (χ2v) is 10.5. The molecule has 0 radical (unpaired) electrons. The summed E-state index contributed by atoms with van der Waals surface area (Å²) in [5, 5.41) is 0.457. The number of methoxy groups -OCH3 is 1. The quantitative estimate of drug-likeness (QED) is 0.192. The molecule has 6 nitrogen and oxygen atoms in total. The molecule has 5 rings (SSSR count). The first-order valence-corrected chi connectivity index (χ1v) is 13.7. The number of aryl methyl sites for hydroxylation is 1. The summed E-state index contributed by atoms with van der Waals surface area (Å²) in [5.74, 6) is 0.890. The van der Waals surface area contributed by atoms with Crippen LogP contribution in [0.4, 0.5) is 5.69 Å². The van der Waals surface area contributed by atoms with Gasteiger partial charge in [-0.1, -0.05) is 59.8 Å². The molecule has 1 aliphatic rings. The fourth-order valence-corrected chi connectivity index (χ4v) is 5.22. The number of benzene rings is 3. The Kier molecular flexibility index (Phi) is 7.56. The number of rotatable bonds is 9. The summed E-state index contributed by atoms with van der Waals surface area (Å²) in [6, 6.07) is 17.8. The lowest BCUT2D eigenvalue weighted by molar-refractivity contribution is 0.0971. The van der Waals surface area contributed by atoms with Crippen molar-refractivity contribution in [3.8, 4) is 11.5 Å². The standard InChI is InChI=1S/C31H30BrNO5/c1-4-5-6-7-16-37-25-15-9-20(18-26(25)36-3)28-27-29(34)23-17-19(2)8-14-24(23)38-30(27)31(35)33(28)22-12-10-21(32)11-13-22/h8-15,17-18,28H,4-7,16H2,1-3H3. The summed E-state index contributed by atoms with van der Waals surface area (Å²) < 4.78 is 18.7. The highest BCUT2D eigenvalue weighted by Crippen LogP contribution is 2.43. The molecule has 7 heteroatoms. The molecule has 0 aliphatic carbocycles. The van der Waals surface area contributed by atoms with Crippen LogP contribution in [0.1, 0.15) is 65.9 Å². The molecule has 0 bridgehead atoms. The zero-order chi connectivity index (χ0) is 26.8. The van der Waals surface area contributed by atoms with Gasteiger partial charge < -0.3 is 13.9 Å². The van der Waals surface area contributed by atoms with Crippen molar-refractivity contribution in [3.63, 3.8) is 0 Å². The average molecular weight is 576 g/mol. The number of carbonyl (C=O) groups excluding carboxylic acids is 1. The highest BCUT2D eigenvalue weighted by atomic mass is 79.9. The summed E-state index contributed by atoms with van der Waals surface area (Å²) in [7, 11) is 1.59. The fraction of sp³-hybridized carbons (Fsp3) is 0.290. The van der Waals surface area contributed by atoms with Crippen LogP contribution < -0.4 is 19.8 Å². The van der Waals surface area contributed by atoms with Gasteiger partial charge in [0, 0.05) is 10.2 Å². The van der Waals surface area contributed by atoms with Crippen LogP contribution >= 0.6 is 15.9 Å². The molecule has 3 aromatic carbocycles. The van der Waals surface area contributed by atoms with Crippen molar-refractivity contribution < 1.29 is 18.7 Å². The number of amides is 1. The second-order valence-electron chi connectivity index (χ2n) is 9.55. The first-order valence-electron chi connectivity index (χ1n) is 12.9. The van der Waals surface area contributed by atoms with Crippen molar-refractivity contribution in [2.24, 2.45) is 0 Å². The van der Waals surface area contributed by atoms with Crippen LogP contribution in [-0.2, 0) is 0 Å². The van der Waals surface area contributed by atoms with Gasteiger partial charge in [0.15, 0.2) is 16.9 Å². The monoisotopic (exact) mass is 575 g/mol. The molecule has 0 N–H and O–H groups in total. The lowest BCUT2D eigenvalue weighted by Crippen LogP contribution is -2.29. The molecule has 4 aromatic rings. The van der Waals surface area contributed by atoms with E-state index in [1.807, 2.05) is 55.5 Å². The molecule has 196 valence electrons. The van der Waals surface area contributed by atoms with E-state index in [0.717, 1.165) is 34.9 Å². The molecule has 1 aliphatic heterocycles. The maximum absolute atomic E-state index is 13.9. The number of halogens is 1. The maximum atomic E-state index is 13.9. The van der Waals surface area contributed by atoms with E-state index in [9.17, 15) is 9.59 Å². The molecule has 1 atom stereocenters. The van der Waals surface area contributed by atoms with Gasteiger partial charge in [-0.3, -0.25) is 14.5 Å². The van der Waals surface area contributed by atoms with Crippen molar-refractivity contribution in [1.29, 1.82) is 0 Å². The predicted octanol–water partition coefficient (Wildman–Crippen LogP) is 7.58. The largest absolute Gasteiger partial charge is 0.493 e. The van der Waals surface area contributed by atoms with Crippen molar-refractivity contribution in [3.05, 3.63) is 97.8 Å². The van der Waals surface area contributed by atoms with Crippen LogP contribution in [0.3, 0.4) is 0 Å². The van der Waals surface area contributed by atoms with Crippen LogP contribution in [0, 0.1) is 6.92 Å². The predicted molar refractivity (Wildman–Crippen MR) is 153 cm³/mol. The van der Waals surface area contributed by atoms with Gasteiger partial charge >= 0.3 is 0 Å². The van der Waals surface area contributed by atoms with Crippen LogP contribution in [-0.4, -0.2) is 19.6 Å². The van der Waals surface area contributed by atoms with Crippen molar-refractivity contribution in [2.45, 2.75) is 45.6 Å². The Morgan fingerprint density at radius 2 is 1.74 bits per heavy atom. The zero-order valence-electron chi connectivity index (χ0n) is 21.8. The second kappa shape index (κ2) is 11.0. The van der Waals surface area contributed by atoms with Crippen molar-refractivity contribution in [2.75, 3.05) is 18.6 Å².